The summed E-state index contributed by atoms with van der Waals surface area (Å²) in [6.07, 6.45) is -4.61. The highest BCUT2D eigenvalue weighted by Crippen LogP contribution is 2.35. The molecule has 0 amide bonds. The molecule has 2 aromatic heterocycles. The van der Waals surface area contributed by atoms with Crippen molar-refractivity contribution in [3.05, 3.63) is 71.8 Å². The molecule has 2 aromatic carbocycles. The first-order valence-corrected chi connectivity index (χ1v) is 11.3. The molecule has 0 bridgehead atoms. The summed E-state index contributed by atoms with van der Waals surface area (Å²) in [6.45, 7) is 0.466. The average Bonchev–Trinajstić information content (AvgIpc) is 3.39. The lowest BCUT2D eigenvalue weighted by molar-refractivity contribution is -0.0501. The van der Waals surface area contributed by atoms with Crippen LogP contribution in [0.2, 0.25) is 0 Å². The molecule has 3 heterocycles. The van der Waals surface area contributed by atoms with Crippen molar-refractivity contribution in [1.82, 2.24) is 19.5 Å². The number of nitrogens with zero attached hydrogens (tertiary/aromatic N) is 4. The minimum absolute atomic E-state index is 0.152. The molecule has 0 unspecified atom stereocenters. The molecule has 4 atom stereocenters. The molecule has 35 heavy (non-hydrogen) atoms. The van der Waals surface area contributed by atoms with Crippen molar-refractivity contribution in [2.75, 3.05) is 23.0 Å². The van der Waals surface area contributed by atoms with Gasteiger partial charge in [0, 0.05) is 13.1 Å². The number of aliphatic hydroxyl groups is 3. The molecule has 0 radical (unpaired) electrons. The maximum Gasteiger partial charge on any atom is 0.227 e. The van der Waals surface area contributed by atoms with Gasteiger partial charge in [-0.3, -0.25) is 4.57 Å². The standard InChI is InChI=1S/C24H27N7O4/c25-20-17-21(30-23(29-20)26-11-14-7-3-1-4-8-14)31(22-19(34)18(33)16(13-32)35-22)24(28-17)27-12-15-9-5-2-6-10-15/h1-10,16,18-19,22,32-34H,11-13H2,(H,27,28)(H3,25,26,29,30)/t16-,18-,19-,22-/m1/s1. The van der Waals surface area contributed by atoms with Crippen LogP contribution in [0.1, 0.15) is 17.4 Å². The van der Waals surface area contributed by atoms with Gasteiger partial charge in [-0.1, -0.05) is 60.7 Å². The number of rotatable bonds is 8. The number of aromatic nitrogens is 4. The highest BCUT2D eigenvalue weighted by atomic mass is 16.6. The van der Waals surface area contributed by atoms with Gasteiger partial charge in [-0.05, 0) is 11.1 Å². The van der Waals surface area contributed by atoms with E-state index >= 15 is 0 Å². The van der Waals surface area contributed by atoms with Crippen LogP contribution in [0, 0.1) is 0 Å². The fourth-order valence-electron chi connectivity index (χ4n) is 4.09. The Morgan fingerprint density at radius 2 is 1.49 bits per heavy atom. The number of hydrogen-bond donors (Lipinski definition) is 6. The Bertz CT molecular complexity index is 1290. The molecule has 1 aliphatic rings. The maximum atomic E-state index is 10.7. The van der Waals surface area contributed by atoms with Gasteiger partial charge >= 0.3 is 0 Å². The summed E-state index contributed by atoms with van der Waals surface area (Å²) in [7, 11) is 0. The number of ether oxygens (including phenoxy) is 1. The second-order valence-electron chi connectivity index (χ2n) is 8.32. The first kappa shape index (κ1) is 23.0. The van der Waals surface area contributed by atoms with Gasteiger partial charge in [-0.15, -0.1) is 0 Å². The number of benzene rings is 2. The summed E-state index contributed by atoms with van der Waals surface area (Å²) in [6, 6.07) is 19.5. The van der Waals surface area contributed by atoms with Crippen LogP contribution in [0.5, 0.6) is 0 Å². The topological polar surface area (TPSA) is 164 Å². The summed E-state index contributed by atoms with van der Waals surface area (Å²) in [4.78, 5) is 13.5. The highest BCUT2D eigenvalue weighted by molar-refractivity contribution is 5.85. The zero-order valence-corrected chi connectivity index (χ0v) is 18.8. The van der Waals surface area contributed by atoms with Crippen LogP contribution in [-0.4, -0.2) is 59.8 Å². The Kier molecular flexibility index (Phi) is 6.47. The van der Waals surface area contributed by atoms with Crippen LogP contribution >= 0.6 is 0 Å². The van der Waals surface area contributed by atoms with Crippen molar-refractivity contribution < 1.29 is 20.1 Å². The molecule has 1 fully saturated rings. The zero-order chi connectivity index (χ0) is 24.4. The predicted molar refractivity (Wildman–Crippen MR) is 130 cm³/mol. The Morgan fingerprint density at radius 3 is 2.09 bits per heavy atom. The third-order valence-electron chi connectivity index (χ3n) is 5.93. The minimum Gasteiger partial charge on any atom is -0.394 e. The first-order valence-electron chi connectivity index (χ1n) is 11.3. The lowest BCUT2D eigenvalue weighted by Crippen LogP contribution is -2.33. The van der Waals surface area contributed by atoms with Crippen LogP contribution in [0.4, 0.5) is 17.7 Å². The molecule has 11 nitrogen and oxygen atoms in total. The van der Waals surface area contributed by atoms with Gasteiger partial charge in [-0.25, -0.2) is 4.98 Å². The van der Waals surface area contributed by atoms with Crippen molar-refractivity contribution in [2.45, 2.75) is 37.6 Å². The lowest BCUT2D eigenvalue weighted by Gasteiger charge is -2.20. The Morgan fingerprint density at radius 1 is 0.857 bits per heavy atom. The molecule has 7 N–H and O–H groups in total. The number of fused-ring (bicyclic) bond motifs is 1. The van der Waals surface area contributed by atoms with Gasteiger partial charge < -0.3 is 36.4 Å². The lowest BCUT2D eigenvalue weighted by atomic mass is 10.1. The Labute approximate surface area is 201 Å². The predicted octanol–water partition coefficient (Wildman–Crippen LogP) is 1.24. The third kappa shape index (κ3) is 4.62. The quantitative estimate of drug-likeness (QED) is 0.218. The summed E-state index contributed by atoms with van der Waals surface area (Å²) < 4.78 is 7.35. The Balaban J connectivity index is 1.53. The van der Waals surface area contributed by atoms with Crippen molar-refractivity contribution in [2.24, 2.45) is 0 Å². The molecular weight excluding hydrogens is 450 g/mol. The number of nitrogens with two attached hydrogens (primary N) is 1. The molecule has 5 rings (SSSR count). The second kappa shape index (κ2) is 9.84. The SMILES string of the molecule is Nc1nc(NCc2ccccc2)nc2c1nc(NCc1ccccc1)n2[C@@H]1O[C@H](CO)[C@@H](O)[C@H]1O. The fourth-order valence-corrected chi connectivity index (χ4v) is 4.09. The van der Waals surface area contributed by atoms with Crippen LogP contribution < -0.4 is 16.4 Å². The van der Waals surface area contributed by atoms with E-state index in [1.807, 2.05) is 60.7 Å². The van der Waals surface area contributed by atoms with E-state index in [1.165, 1.54) is 0 Å². The van der Waals surface area contributed by atoms with Gasteiger partial charge in [-0.2, -0.15) is 9.97 Å². The number of hydrogen-bond acceptors (Lipinski definition) is 10. The van der Waals surface area contributed by atoms with E-state index < -0.39 is 31.1 Å². The maximum absolute atomic E-state index is 10.7. The van der Waals surface area contributed by atoms with Crippen molar-refractivity contribution >= 4 is 28.9 Å². The number of nitrogen functional groups attached to an aromatic ring is 1. The van der Waals surface area contributed by atoms with Crippen molar-refractivity contribution in [1.29, 1.82) is 0 Å². The molecule has 0 spiro atoms. The van der Waals surface area contributed by atoms with Crippen LogP contribution in [0.3, 0.4) is 0 Å². The van der Waals surface area contributed by atoms with E-state index in [1.54, 1.807) is 4.57 Å². The number of imidazole rings is 1. The van der Waals surface area contributed by atoms with Gasteiger partial charge in [0.15, 0.2) is 23.2 Å². The molecule has 1 saturated heterocycles. The normalized spacial score (nSPS) is 21.9. The Hall–Kier alpha value is -3.77. The average molecular weight is 478 g/mol. The highest BCUT2D eigenvalue weighted by Gasteiger charge is 2.45. The first-order chi connectivity index (χ1) is 17.0. The zero-order valence-electron chi connectivity index (χ0n) is 18.8. The molecule has 0 saturated carbocycles. The van der Waals surface area contributed by atoms with Crippen LogP contribution in [-0.2, 0) is 17.8 Å². The molecule has 182 valence electrons. The minimum atomic E-state index is -1.32. The number of aliphatic hydroxyl groups excluding tert-OH is 3. The second-order valence-corrected chi connectivity index (χ2v) is 8.32. The summed E-state index contributed by atoms with van der Waals surface area (Å²) in [5.74, 6) is 0.764. The van der Waals surface area contributed by atoms with E-state index in [0.29, 0.717) is 30.2 Å². The number of nitrogens with one attached hydrogen (secondary N) is 2. The van der Waals surface area contributed by atoms with E-state index in [-0.39, 0.29) is 11.8 Å². The van der Waals surface area contributed by atoms with Crippen molar-refractivity contribution in [3.63, 3.8) is 0 Å². The van der Waals surface area contributed by atoms with E-state index in [2.05, 4.69) is 25.6 Å². The van der Waals surface area contributed by atoms with E-state index in [0.717, 1.165) is 11.1 Å². The third-order valence-corrected chi connectivity index (χ3v) is 5.93. The van der Waals surface area contributed by atoms with Gasteiger partial charge in [0.1, 0.15) is 18.3 Å². The van der Waals surface area contributed by atoms with E-state index in [4.69, 9.17) is 10.5 Å². The fraction of sp³-hybridized carbons (Fsp3) is 0.292. The van der Waals surface area contributed by atoms with E-state index in [9.17, 15) is 15.3 Å². The summed E-state index contributed by atoms with van der Waals surface area (Å²) >= 11 is 0. The van der Waals surface area contributed by atoms with Crippen molar-refractivity contribution in [3.8, 4) is 0 Å². The largest absolute Gasteiger partial charge is 0.394 e. The summed E-state index contributed by atoms with van der Waals surface area (Å²) in [5.41, 5.74) is 8.93. The number of anilines is 3. The molecular formula is C24H27N7O4. The monoisotopic (exact) mass is 477 g/mol. The molecule has 4 aromatic rings. The molecule has 0 aliphatic carbocycles. The van der Waals surface area contributed by atoms with Crippen LogP contribution in [0.15, 0.2) is 60.7 Å². The van der Waals surface area contributed by atoms with Crippen LogP contribution in [0.25, 0.3) is 11.2 Å². The van der Waals surface area contributed by atoms with Gasteiger partial charge in [0.05, 0.1) is 6.61 Å². The summed E-state index contributed by atoms with van der Waals surface area (Å²) in [5, 5.41) is 37.1. The van der Waals surface area contributed by atoms with Gasteiger partial charge in [0.2, 0.25) is 11.9 Å². The molecule has 1 aliphatic heterocycles. The smallest absolute Gasteiger partial charge is 0.227 e. The van der Waals surface area contributed by atoms with Gasteiger partial charge in [0.25, 0.3) is 0 Å². The molecule has 11 heteroatoms.